The highest BCUT2D eigenvalue weighted by atomic mass is 16.5. The van der Waals surface area contributed by atoms with Gasteiger partial charge in [0.15, 0.2) is 0 Å². The number of benzene rings is 2. The van der Waals surface area contributed by atoms with Crippen molar-refractivity contribution in [2.24, 2.45) is 5.41 Å². The molecule has 4 rings (SSSR count). The van der Waals surface area contributed by atoms with Gasteiger partial charge in [0.2, 0.25) is 5.91 Å². The molecular weight excluding hydrogens is 446 g/mol. The molecule has 1 saturated heterocycles. The van der Waals surface area contributed by atoms with Gasteiger partial charge in [-0.1, -0.05) is 38.1 Å². The summed E-state index contributed by atoms with van der Waals surface area (Å²) in [5.41, 5.74) is 3.35. The lowest BCUT2D eigenvalue weighted by molar-refractivity contribution is -0.142. The van der Waals surface area contributed by atoms with E-state index in [2.05, 4.69) is 11.4 Å². The standard InChI is InChI=1S/C27H25N3O5/c1-27(2)16-35-26(34)24(27)29-25(33)22(13-23(31)32)20-11-12-30(15-20)21-9-7-19(8-10-21)18-5-3-17(14-28)4-6-18/h3-12,15,22,24H,13,16H2,1-2H3,(H,29,33)(H,31,32)/t22-,24-/m0/s1. The molecule has 0 unspecified atom stereocenters. The van der Waals surface area contributed by atoms with Gasteiger partial charge in [-0.15, -0.1) is 0 Å². The second-order valence-corrected chi connectivity index (χ2v) is 9.28. The van der Waals surface area contributed by atoms with Gasteiger partial charge < -0.3 is 19.7 Å². The van der Waals surface area contributed by atoms with Crippen molar-refractivity contribution in [3.8, 4) is 22.9 Å². The average Bonchev–Trinajstić information content (AvgIpc) is 3.43. The summed E-state index contributed by atoms with van der Waals surface area (Å²) in [6.45, 7) is 3.81. The number of carboxylic acid groups (broad SMARTS) is 1. The van der Waals surface area contributed by atoms with Crippen molar-refractivity contribution in [3.05, 3.63) is 78.1 Å². The maximum Gasteiger partial charge on any atom is 0.329 e. The maximum atomic E-state index is 13.0. The lowest BCUT2D eigenvalue weighted by Gasteiger charge is -2.24. The molecule has 0 aliphatic carbocycles. The van der Waals surface area contributed by atoms with E-state index in [9.17, 15) is 19.5 Å². The molecule has 0 spiro atoms. The molecule has 1 fully saturated rings. The molecule has 2 N–H and O–H groups in total. The number of rotatable bonds is 7. The molecule has 35 heavy (non-hydrogen) atoms. The van der Waals surface area contributed by atoms with Crippen LogP contribution in [0, 0.1) is 16.7 Å². The van der Waals surface area contributed by atoms with Crippen LogP contribution in [-0.2, 0) is 19.1 Å². The number of carbonyl (C=O) groups is 3. The third-order valence-electron chi connectivity index (χ3n) is 6.22. The third-order valence-corrected chi connectivity index (χ3v) is 6.22. The van der Waals surface area contributed by atoms with E-state index in [-0.39, 0.29) is 6.61 Å². The molecule has 1 aliphatic heterocycles. The topological polar surface area (TPSA) is 121 Å². The second-order valence-electron chi connectivity index (χ2n) is 9.28. The van der Waals surface area contributed by atoms with E-state index in [1.165, 1.54) is 0 Å². The van der Waals surface area contributed by atoms with E-state index in [0.29, 0.717) is 11.1 Å². The van der Waals surface area contributed by atoms with Gasteiger partial charge in [0.05, 0.1) is 30.6 Å². The van der Waals surface area contributed by atoms with Crippen LogP contribution in [0.1, 0.15) is 37.3 Å². The predicted molar refractivity (Wildman–Crippen MR) is 128 cm³/mol. The largest absolute Gasteiger partial charge is 0.481 e. The summed E-state index contributed by atoms with van der Waals surface area (Å²) < 4.78 is 6.89. The first kappa shape index (κ1) is 23.8. The minimum absolute atomic E-state index is 0.190. The highest BCUT2D eigenvalue weighted by Crippen LogP contribution is 2.30. The van der Waals surface area contributed by atoms with E-state index in [1.54, 1.807) is 30.6 Å². The van der Waals surface area contributed by atoms with E-state index < -0.39 is 41.6 Å². The Morgan fingerprint density at radius 1 is 1.14 bits per heavy atom. The highest BCUT2D eigenvalue weighted by Gasteiger charge is 2.45. The summed E-state index contributed by atoms with van der Waals surface area (Å²) in [7, 11) is 0. The molecule has 2 heterocycles. The highest BCUT2D eigenvalue weighted by molar-refractivity contribution is 5.92. The van der Waals surface area contributed by atoms with Crippen molar-refractivity contribution in [1.29, 1.82) is 5.26 Å². The number of nitrogens with zero attached hydrogens (tertiary/aromatic N) is 2. The van der Waals surface area contributed by atoms with Gasteiger partial charge in [-0.05, 0) is 47.0 Å². The number of amides is 1. The van der Waals surface area contributed by atoms with Crippen molar-refractivity contribution in [2.75, 3.05) is 6.61 Å². The molecule has 0 saturated carbocycles. The van der Waals surface area contributed by atoms with Crippen LogP contribution in [0.5, 0.6) is 0 Å². The monoisotopic (exact) mass is 471 g/mol. The first-order valence-electron chi connectivity index (χ1n) is 11.2. The third kappa shape index (κ3) is 5.09. The first-order chi connectivity index (χ1) is 16.7. The van der Waals surface area contributed by atoms with Crippen LogP contribution in [0.4, 0.5) is 0 Å². The number of hydrogen-bond donors (Lipinski definition) is 2. The number of esters is 1. The van der Waals surface area contributed by atoms with Gasteiger partial charge in [-0.3, -0.25) is 9.59 Å². The zero-order valence-electron chi connectivity index (χ0n) is 19.4. The number of nitriles is 1. The Labute approximate surface area is 202 Å². The van der Waals surface area contributed by atoms with Crippen LogP contribution in [0.15, 0.2) is 67.0 Å². The fourth-order valence-electron chi connectivity index (χ4n) is 4.12. The Hall–Kier alpha value is -4.38. The molecule has 3 aromatic rings. The van der Waals surface area contributed by atoms with Gasteiger partial charge in [0.1, 0.15) is 6.04 Å². The molecule has 178 valence electrons. The van der Waals surface area contributed by atoms with Gasteiger partial charge >= 0.3 is 11.9 Å². The predicted octanol–water partition coefficient (Wildman–Crippen LogP) is 3.64. The number of cyclic esters (lactones) is 1. The fraction of sp³-hybridized carbons (Fsp3) is 0.259. The molecule has 1 aliphatic rings. The summed E-state index contributed by atoms with van der Waals surface area (Å²) in [4.78, 5) is 36.6. The fourth-order valence-corrected chi connectivity index (χ4v) is 4.12. The lowest BCUT2D eigenvalue weighted by Crippen LogP contribution is -2.48. The average molecular weight is 472 g/mol. The quantitative estimate of drug-likeness (QED) is 0.508. The molecule has 0 radical (unpaired) electrons. The zero-order chi connectivity index (χ0) is 25.2. The molecular formula is C27H25N3O5. The van der Waals surface area contributed by atoms with Crippen LogP contribution in [0.3, 0.4) is 0 Å². The van der Waals surface area contributed by atoms with E-state index in [1.807, 2.05) is 54.8 Å². The Morgan fingerprint density at radius 2 is 1.77 bits per heavy atom. The molecule has 2 aromatic carbocycles. The number of carbonyl (C=O) groups excluding carboxylic acids is 2. The summed E-state index contributed by atoms with van der Waals surface area (Å²) in [6.07, 6.45) is 3.08. The minimum atomic E-state index is -1.11. The Kier molecular flexibility index (Phi) is 6.43. The number of nitrogens with one attached hydrogen (secondary N) is 1. The molecule has 0 bridgehead atoms. The molecule has 1 aromatic heterocycles. The number of aromatic nitrogens is 1. The number of ether oxygens (including phenoxy) is 1. The summed E-state index contributed by atoms with van der Waals surface area (Å²) >= 11 is 0. The number of aliphatic carboxylic acids is 1. The van der Waals surface area contributed by atoms with E-state index >= 15 is 0 Å². The second kappa shape index (κ2) is 9.47. The Bertz CT molecular complexity index is 1300. The summed E-state index contributed by atoms with van der Waals surface area (Å²) in [6, 6.07) is 18.0. The van der Waals surface area contributed by atoms with Crippen molar-refractivity contribution >= 4 is 17.8 Å². The molecule has 8 nitrogen and oxygen atoms in total. The SMILES string of the molecule is CC1(C)COC(=O)[C@@H]1NC(=O)[C@@H](CC(=O)O)c1ccn(-c2ccc(-c3ccc(C#N)cc3)cc2)c1. The van der Waals surface area contributed by atoms with Gasteiger partial charge in [-0.2, -0.15) is 5.26 Å². The van der Waals surface area contributed by atoms with Crippen LogP contribution >= 0.6 is 0 Å². The van der Waals surface area contributed by atoms with Crippen molar-refractivity contribution in [1.82, 2.24) is 9.88 Å². The van der Waals surface area contributed by atoms with E-state index in [4.69, 9.17) is 10.00 Å². The zero-order valence-corrected chi connectivity index (χ0v) is 19.4. The molecule has 2 atom stereocenters. The Morgan fingerprint density at radius 3 is 2.31 bits per heavy atom. The lowest BCUT2D eigenvalue weighted by atomic mass is 9.86. The Balaban J connectivity index is 1.54. The van der Waals surface area contributed by atoms with Crippen LogP contribution in [0.25, 0.3) is 16.8 Å². The first-order valence-corrected chi connectivity index (χ1v) is 11.2. The van der Waals surface area contributed by atoms with Gasteiger partial charge in [0.25, 0.3) is 0 Å². The van der Waals surface area contributed by atoms with Crippen LogP contribution < -0.4 is 5.32 Å². The number of carboxylic acids is 1. The van der Waals surface area contributed by atoms with Crippen LogP contribution in [-0.4, -0.2) is 40.2 Å². The molecule has 8 heteroatoms. The van der Waals surface area contributed by atoms with Crippen LogP contribution in [0.2, 0.25) is 0 Å². The number of hydrogen-bond acceptors (Lipinski definition) is 5. The normalized spacial score (nSPS) is 17.3. The van der Waals surface area contributed by atoms with Crippen molar-refractivity contribution in [2.45, 2.75) is 32.2 Å². The summed E-state index contributed by atoms with van der Waals surface area (Å²) in [5, 5.41) is 21.1. The maximum absolute atomic E-state index is 13.0. The van der Waals surface area contributed by atoms with Gasteiger partial charge in [0, 0.05) is 23.5 Å². The molecule has 1 amide bonds. The van der Waals surface area contributed by atoms with Gasteiger partial charge in [-0.25, -0.2) is 4.79 Å². The smallest absolute Gasteiger partial charge is 0.329 e. The minimum Gasteiger partial charge on any atom is -0.481 e. The summed E-state index contributed by atoms with van der Waals surface area (Å²) in [5.74, 6) is -3.12. The van der Waals surface area contributed by atoms with E-state index in [0.717, 1.165) is 16.8 Å². The van der Waals surface area contributed by atoms with Crippen molar-refractivity contribution < 1.29 is 24.2 Å². The van der Waals surface area contributed by atoms with Crippen molar-refractivity contribution in [3.63, 3.8) is 0 Å².